The number of fused-ring (bicyclic) bond motifs is 10. The maximum absolute atomic E-state index is 7.01. The van der Waals surface area contributed by atoms with Crippen molar-refractivity contribution < 1.29 is 9.47 Å². The molecule has 0 spiro atoms. The second-order valence-electron chi connectivity index (χ2n) is 11.0. The molecule has 0 amide bonds. The summed E-state index contributed by atoms with van der Waals surface area (Å²) in [5, 5.41) is 3.84. The number of halogens is 2. The Balaban J connectivity index is 1.25. The van der Waals surface area contributed by atoms with Gasteiger partial charge in [-0.1, -0.05) is 72.6 Å². The summed E-state index contributed by atoms with van der Waals surface area (Å²) in [6.07, 6.45) is 0.996. The summed E-state index contributed by atoms with van der Waals surface area (Å²) in [5.74, 6) is 2.39. The van der Waals surface area contributed by atoms with Gasteiger partial charge < -0.3 is 14.0 Å². The van der Waals surface area contributed by atoms with Gasteiger partial charge in [0.15, 0.2) is 23.0 Å². The Kier molecular flexibility index (Phi) is 4.98. The molecule has 0 saturated carbocycles. The van der Waals surface area contributed by atoms with Gasteiger partial charge in [0.2, 0.25) is 0 Å². The molecule has 204 valence electrons. The highest BCUT2D eigenvalue weighted by atomic mass is 35.5. The molecule has 0 fully saturated rings. The lowest BCUT2D eigenvalue weighted by Gasteiger charge is -2.22. The van der Waals surface area contributed by atoms with E-state index < -0.39 is 0 Å². The van der Waals surface area contributed by atoms with Crippen molar-refractivity contribution in [2.75, 3.05) is 0 Å². The second kappa shape index (κ2) is 8.60. The normalized spacial score (nSPS) is 15.4. The maximum atomic E-state index is 7.01. The third-order valence-electron chi connectivity index (χ3n) is 8.84. The molecule has 1 atom stereocenters. The molecular weight excluding hydrogens is 565 g/mol. The molecule has 3 heterocycles. The average Bonchev–Trinajstić information content (AvgIpc) is 3.50. The maximum Gasteiger partial charge on any atom is 0.175 e. The third-order valence-corrected chi connectivity index (χ3v) is 9.54. The molecule has 0 radical (unpaired) electrons. The van der Waals surface area contributed by atoms with Crippen LogP contribution in [0.3, 0.4) is 0 Å². The zero-order chi connectivity index (χ0) is 28.3. The van der Waals surface area contributed by atoms with Crippen molar-refractivity contribution in [3.8, 4) is 34.1 Å². The van der Waals surface area contributed by atoms with Gasteiger partial charge in [0.25, 0.3) is 0 Å². The zero-order valence-corrected chi connectivity index (χ0v) is 24.3. The van der Waals surface area contributed by atoms with Gasteiger partial charge in [-0.15, -0.1) is 0 Å². The van der Waals surface area contributed by atoms with E-state index in [9.17, 15) is 0 Å². The molecule has 0 bridgehead atoms. The Morgan fingerprint density at radius 1 is 0.690 bits per heavy atom. The van der Waals surface area contributed by atoms with E-state index in [0.717, 1.165) is 23.9 Å². The van der Waals surface area contributed by atoms with Crippen LogP contribution in [-0.2, 0) is 6.54 Å². The van der Waals surface area contributed by atoms with Gasteiger partial charge in [-0.25, -0.2) is 9.98 Å². The van der Waals surface area contributed by atoms with Crippen molar-refractivity contribution in [3.05, 3.63) is 105 Å². The highest BCUT2D eigenvalue weighted by molar-refractivity contribution is 6.35. The highest BCUT2D eigenvalue weighted by Gasteiger charge is 2.32. The lowest BCUT2D eigenvalue weighted by atomic mass is 9.94. The fourth-order valence-electron chi connectivity index (χ4n) is 6.97. The quantitative estimate of drug-likeness (QED) is 0.202. The summed E-state index contributed by atoms with van der Waals surface area (Å²) in [6, 6.07) is 25.3. The number of para-hydroxylation sites is 1. The van der Waals surface area contributed by atoms with E-state index in [0.29, 0.717) is 61.1 Å². The molecule has 1 aliphatic carbocycles. The fraction of sp³-hybridized carbons (Fsp3) is 0.143. The van der Waals surface area contributed by atoms with Crippen molar-refractivity contribution in [2.45, 2.75) is 32.7 Å². The summed E-state index contributed by atoms with van der Waals surface area (Å²) >= 11 is 14.0. The fourth-order valence-corrected chi connectivity index (χ4v) is 7.48. The Labute approximate surface area is 251 Å². The topological polar surface area (TPSA) is 48.1 Å². The molecule has 0 unspecified atom stereocenters. The Morgan fingerprint density at radius 3 is 2.10 bits per heavy atom. The SMILES string of the molecule is CC[C@H]1c2ccccc2-c2cc3c(cc21)Oc1c(Cl)c2c(c(Cl)c1=N3)Oc1cc3c(cc1N=2)c1ccccc1n3CC. The molecule has 9 rings (SSSR count). The van der Waals surface area contributed by atoms with Crippen LogP contribution in [0.5, 0.6) is 23.0 Å². The number of ether oxygens (including phenoxy) is 2. The van der Waals surface area contributed by atoms with Gasteiger partial charge in [-0.3, -0.25) is 0 Å². The van der Waals surface area contributed by atoms with Crippen LogP contribution in [0.4, 0.5) is 11.4 Å². The predicted octanol–water partition coefficient (Wildman–Crippen LogP) is 9.76. The minimum absolute atomic E-state index is 0.310. The summed E-state index contributed by atoms with van der Waals surface area (Å²) in [7, 11) is 0. The van der Waals surface area contributed by atoms with Crippen LogP contribution in [0.2, 0.25) is 10.0 Å². The summed E-state index contributed by atoms with van der Waals surface area (Å²) < 4.78 is 15.2. The van der Waals surface area contributed by atoms with Crippen molar-refractivity contribution in [2.24, 2.45) is 9.98 Å². The molecule has 5 nitrogen and oxygen atoms in total. The van der Waals surface area contributed by atoms with Gasteiger partial charge in [0, 0.05) is 34.8 Å². The van der Waals surface area contributed by atoms with Crippen LogP contribution < -0.4 is 20.2 Å². The van der Waals surface area contributed by atoms with Crippen molar-refractivity contribution in [3.63, 3.8) is 0 Å². The standard InChI is InChI=1S/C35H23Cl2N3O2/c1-3-17-18-9-5-6-10-19(18)21-13-24-28(15-22(17)21)41-34-30(36)33-35(31(37)32(34)38-24)42-29-16-27-23(14-25(29)39-33)20-11-7-8-12-26(20)40(27)4-2/h5-17H,3-4H2,1-2H3/t17-/m0/s1. The largest absolute Gasteiger partial charge is 0.451 e. The van der Waals surface area contributed by atoms with Crippen LogP contribution in [0.15, 0.2) is 82.8 Å². The second-order valence-corrected chi connectivity index (χ2v) is 11.7. The number of aromatic nitrogens is 1. The molecule has 2 aliphatic heterocycles. The number of nitrogens with zero attached hydrogens (tertiary/aromatic N) is 3. The summed E-state index contributed by atoms with van der Waals surface area (Å²) in [4.78, 5) is 9.94. The van der Waals surface area contributed by atoms with Crippen LogP contribution in [0.25, 0.3) is 32.9 Å². The van der Waals surface area contributed by atoms with Crippen molar-refractivity contribution >= 4 is 56.4 Å². The van der Waals surface area contributed by atoms with E-state index in [1.807, 2.05) is 6.07 Å². The Hall–Kier alpha value is -4.32. The summed E-state index contributed by atoms with van der Waals surface area (Å²) in [6.45, 7) is 5.19. The monoisotopic (exact) mass is 587 g/mol. The first-order valence-electron chi connectivity index (χ1n) is 14.2. The number of aryl methyl sites for hydroxylation is 1. The molecular formula is C35H23Cl2N3O2. The van der Waals surface area contributed by atoms with Gasteiger partial charge >= 0.3 is 0 Å². The zero-order valence-electron chi connectivity index (χ0n) is 22.8. The molecule has 6 aromatic rings. The third kappa shape index (κ3) is 3.10. The molecule has 3 aliphatic rings. The van der Waals surface area contributed by atoms with Crippen LogP contribution in [-0.4, -0.2) is 4.57 Å². The van der Waals surface area contributed by atoms with Gasteiger partial charge in [0.1, 0.15) is 32.1 Å². The van der Waals surface area contributed by atoms with E-state index >= 15 is 0 Å². The minimum atomic E-state index is 0.310. The lowest BCUT2D eigenvalue weighted by molar-refractivity contribution is 0.451. The van der Waals surface area contributed by atoms with Gasteiger partial charge in [-0.05, 0) is 59.9 Å². The van der Waals surface area contributed by atoms with Crippen molar-refractivity contribution in [1.82, 2.24) is 4.57 Å². The number of benzene rings is 5. The number of rotatable bonds is 2. The predicted molar refractivity (Wildman–Crippen MR) is 167 cm³/mol. The molecule has 5 aromatic carbocycles. The molecule has 0 saturated heterocycles. The van der Waals surface area contributed by atoms with E-state index in [1.54, 1.807) is 0 Å². The first-order valence-corrected chi connectivity index (χ1v) is 15.0. The van der Waals surface area contributed by atoms with Gasteiger partial charge in [-0.2, -0.15) is 0 Å². The van der Waals surface area contributed by atoms with Gasteiger partial charge in [0.05, 0.1) is 5.52 Å². The molecule has 1 aromatic heterocycles. The number of hydrogen-bond acceptors (Lipinski definition) is 4. The average molecular weight is 588 g/mol. The van der Waals surface area contributed by atoms with E-state index in [4.69, 9.17) is 42.7 Å². The van der Waals surface area contributed by atoms with E-state index in [1.165, 1.54) is 33.2 Å². The van der Waals surface area contributed by atoms with Crippen LogP contribution >= 0.6 is 23.2 Å². The lowest BCUT2D eigenvalue weighted by Crippen LogP contribution is -2.22. The van der Waals surface area contributed by atoms with Crippen LogP contribution in [0.1, 0.15) is 37.3 Å². The molecule has 0 N–H and O–H groups in total. The minimum Gasteiger partial charge on any atom is -0.451 e. The molecule has 42 heavy (non-hydrogen) atoms. The van der Waals surface area contributed by atoms with Crippen molar-refractivity contribution in [1.29, 1.82) is 0 Å². The first kappa shape index (κ1) is 24.3. The highest BCUT2D eigenvalue weighted by Crippen LogP contribution is 2.52. The summed E-state index contributed by atoms with van der Waals surface area (Å²) in [5.41, 5.74) is 8.67. The smallest absolute Gasteiger partial charge is 0.175 e. The molecule has 7 heteroatoms. The first-order chi connectivity index (χ1) is 20.6. The van der Waals surface area contributed by atoms with E-state index in [2.05, 4.69) is 85.1 Å². The Bertz CT molecular complexity index is 2320. The Morgan fingerprint density at radius 2 is 1.36 bits per heavy atom. The number of hydrogen-bond donors (Lipinski definition) is 0. The van der Waals surface area contributed by atoms with E-state index in [-0.39, 0.29) is 0 Å². The van der Waals surface area contributed by atoms with Crippen LogP contribution in [0, 0.1) is 0 Å².